The minimum Gasteiger partial charge on any atom is -0.380 e. The standard InChI is InChI=1S/C10H17NOS/c1-2-13-5-9(1)11-6-10-3-8(10)4-12-7-10/h8-9,11H,1-7H2. The number of hydrogen-bond donors (Lipinski definition) is 1. The van der Waals surface area contributed by atoms with Crippen LogP contribution in [0.25, 0.3) is 0 Å². The van der Waals surface area contributed by atoms with E-state index in [1.165, 1.54) is 30.9 Å². The van der Waals surface area contributed by atoms with Crippen molar-refractivity contribution in [3.8, 4) is 0 Å². The first-order valence-corrected chi connectivity index (χ1v) is 6.43. The van der Waals surface area contributed by atoms with Gasteiger partial charge in [-0.25, -0.2) is 0 Å². The monoisotopic (exact) mass is 199 g/mol. The molecule has 2 nitrogen and oxygen atoms in total. The van der Waals surface area contributed by atoms with Crippen LogP contribution in [-0.2, 0) is 4.74 Å². The lowest BCUT2D eigenvalue weighted by molar-refractivity contribution is 0.145. The van der Waals surface area contributed by atoms with E-state index in [1.54, 1.807) is 0 Å². The van der Waals surface area contributed by atoms with E-state index in [0.717, 1.165) is 25.2 Å². The van der Waals surface area contributed by atoms with Crippen molar-refractivity contribution in [1.29, 1.82) is 0 Å². The maximum atomic E-state index is 5.48. The Morgan fingerprint density at radius 2 is 2.54 bits per heavy atom. The maximum absolute atomic E-state index is 5.48. The number of ether oxygens (including phenoxy) is 1. The fourth-order valence-electron chi connectivity index (χ4n) is 2.56. The zero-order chi connectivity index (χ0) is 8.73. The second-order valence-corrected chi connectivity index (χ2v) is 5.87. The highest BCUT2D eigenvalue weighted by atomic mass is 32.2. The van der Waals surface area contributed by atoms with E-state index < -0.39 is 0 Å². The van der Waals surface area contributed by atoms with Crippen LogP contribution in [0.5, 0.6) is 0 Å². The van der Waals surface area contributed by atoms with Gasteiger partial charge in [0.15, 0.2) is 0 Å². The van der Waals surface area contributed by atoms with Crippen molar-refractivity contribution >= 4 is 11.8 Å². The van der Waals surface area contributed by atoms with Gasteiger partial charge in [0.2, 0.25) is 0 Å². The molecule has 3 unspecified atom stereocenters. The van der Waals surface area contributed by atoms with Crippen LogP contribution in [-0.4, -0.2) is 37.3 Å². The Morgan fingerprint density at radius 3 is 3.15 bits per heavy atom. The normalized spacial score (nSPS) is 48.0. The van der Waals surface area contributed by atoms with Gasteiger partial charge in [-0.1, -0.05) is 0 Å². The maximum Gasteiger partial charge on any atom is 0.0538 e. The van der Waals surface area contributed by atoms with E-state index in [4.69, 9.17) is 4.74 Å². The number of thioether (sulfide) groups is 1. The van der Waals surface area contributed by atoms with Gasteiger partial charge in [0.1, 0.15) is 0 Å². The fourth-order valence-corrected chi connectivity index (χ4v) is 3.75. The molecule has 1 aliphatic carbocycles. The Kier molecular flexibility index (Phi) is 2.07. The summed E-state index contributed by atoms with van der Waals surface area (Å²) in [5.74, 6) is 3.57. The summed E-state index contributed by atoms with van der Waals surface area (Å²) in [7, 11) is 0. The summed E-state index contributed by atoms with van der Waals surface area (Å²) in [6.45, 7) is 3.26. The summed E-state index contributed by atoms with van der Waals surface area (Å²) in [6, 6.07) is 0.793. The lowest BCUT2D eigenvalue weighted by atomic mass is 10.1. The topological polar surface area (TPSA) is 21.3 Å². The fraction of sp³-hybridized carbons (Fsp3) is 1.00. The van der Waals surface area contributed by atoms with Crippen LogP contribution in [0.3, 0.4) is 0 Å². The van der Waals surface area contributed by atoms with Crippen LogP contribution >= 0.6 is 11.8 Å². The van der Waals surface area contributed by atoms with Gasteiger partial charge < -0.3 is 10.1 Å². The Labute approximate surface area is 83.8 Å². The minimum absolute atomic E-state index is 0.577. The predicted molar refractivity (Wildman–Crippen MR) is 55.1 cm³/mol. The molecule has 0 radical (unpaired) electrons. The largest absolute Gasteiger partial charge is 0.380 e. The quantitative estimate of drug-likeness (QED) is 0.736. The molecule has 3 atom stereocenters. The van der Waals surface area contributed by atoms with E-state index in [0.29, 0.717) is 5.41 Å². The first kappa shape index (κ1) is 8.57. The molecule has 13 heavy (non-hydrogen) atoms. The highest BCUT2D eigenvalue weighted by Crippen LogP contribution is 2.56. The van der Waals surface area contributed by atoms with Gasteiger partial charge in [-0.15, -0.1) is 0 Å². The van der Waals surface area contributed by atoms with Gasteiger partial charge in [0.25, 0.3) is 0 Å². The van der Waals surface area contributed by atoms with Gasteiger partial charge in [-0.3, -0.25) is 0 Å². The molecule has 2 heterocycles. The summed E-state index contributed by atoms with van der Waals surface area (Å²) < 4.78 is 5.48. The molecule has 3 rings (SSSR count). The lowest BCUT2D eigenvalue weighted by Gasteiger charge is -2.16. The molecule has 0 amide bonds. The molecule has 1 saturated carbocycles. The summed E-state index contributed by atoms with van der Waals surface area (Å²) in [5.41, 5.74) is 0.577. The summed E-state index contributed by atoms with van der Waals surface area (Å²) >= 11 is 2.08. The molecule has 0 bridgehead atoms. The number of rotatable bonds is 3. The molecule has 2 aliphatic heterocycles. The third kappa shape index (κ3) is 1.51. The molecule has 3 fully saturated rings. The third-order valence-corrected chi connectivity index (χ3v) is 4.90. The lowest BCUT2D eigenvalue weighted by Crippen LogP contribution is -2.35. The van der Waals surface area contributed by atoms with Crippen molar-refractivity contribution in [3.05, 3.63) is 0 Å². The van der Waals surface area contributed by atoms with Crippen molar-refractivity contribution in [2.45, 2.75) is 18.9 Å². The second kappa shape index (κ2) is 3.14. The molecular weight excluding hydrogens is 182 g/mol. The molecule has 0 aromatic carbocycles. The number of hydrogen-bond acceptors (Lipinski definition) is 3. The van der Waals surface area contributed by atoms with Gasteiger partial charge in [0.05, 0.1) is 13.2 Å². The minimum atomic E-state index is 0.577. The molecule has 1 N–H and O–H groups in total. The highest BCUT2D eigenvalue weighted by molar-refractivity contribution is 7.99. The molecule has 0 aromatic heterocycles. The molecule has 74 valence electrons. The Morgan fingerprint density at radius 1 is 1.54 bits per heavy atom. The zero-order valence-electron chi connectivity index (χ0n) is 7.92. The average molecular weight is 199 g/mol. The average Bonchev–Trinajstić information content (AvgIpc) is 2.61. The van der Waals surface area contributed by atoms with Crippen LogP contribution in [0.4, 0.5) is 0 Å². The smallest absolute Gasteiger partial charge is 0.0538 e. The van der Waals surface area contributed by atoms with E-state index in [2.05, 4.69) is 17.1 Å². The van der Waals surface area contributed by atoms with Crippen LogP contribution < -0.4 is 5.32 Å². The van der Waals surface area contributed by atoms with Crippen molar-refractivity contribution in [3.63, 3.8) is 0 Å². The van der Waals surface area contributed by atoms with Crippen molar-refractivity contribution in [1.82, 2.24) is 5.32 Å². The number of fused-ring (bicyclic) bond motifs is 1. The Balaban J connectivity index is 1.48. The van der Waals surface area contributed by atoms with Crippen molar-refractivity contribution < 1.29 is 4.74 Å². The van der Waals surface area contributed by atoms with Gasteiger partial charge in [-0.2, -0.15) is 11.8 Å². The molecular formula is C10H17NOS. The summed E-state index contributed by atoms with van der Waals surface area (Å²) in [4.78, 5) is 0. The Hall–Kier alpha value is 0.270. The highest BCUT2D eigenvalue weighted by Gasteiger charge is 2.57. The molecule has 3 heteroatoms. The number of nitrogens with one attached hydrogen (secondary N) is 1. The Bertz CT molecular complexity index is 205. The first-order valence-electron chi connectivity index (χ1n) is 5.28. The van der Waals surface area contributed by atoms with Crippen LogP contribution in [0.1, 0.15) is 12.8 Å². The second-order valence-electron chi connectivity index (χ2n) is 4.72. The van der Waals surface area contributed by atoms with Gasteiger partial charge in [-0.05, 0) is 24.5 Å². The van der Waals surface area contributed by atoms with Gasteiger partial charge >= 0.3 is 0 Å². The van der Waals surface area contributed by atoms with E-state index in [-0.39, 0.29) is 0 Å². The van der Waals surface area contributed by atoms with E-state index in [9.17, 15) is 0 Å². The zero-order valence-corrected chi connectivity index (χ0v) is 8.74. The van der Waals surface area contributed by atoms with Crippen molar-refractivity contribution in [2.75, 3.05) is 31.3 Å². The van der Waals surface area contributed by atoms with E-state index in [1.807, 2.05) is 0 Å². The molecule has 3 aliphatic rings. The predicted octanol–water partition coefficient (Wildman–Crippen LogP) is 1.12. The van der Waals surface area contributed by atoms with E-state index >= 15 is 0 Å². The molecule has 0 spiro atoms. The molecule has 0 aromatic rings. The summed E-state index contributed by atoms with van der Waals surface area (Å²) in [6.07, 6.45) is 2.78. The third-order valence-electron chi connectivity index (χ3n) is 3.74. The van der Waals surface area contributed by atoms with Gasteiger partial charge in [0, 0.05) is 23.8 Å². The SMILES string of the molecule is C1CC(NCC23COCC2C3)CS1. The van der Waals surface area contributed by atoms with Crippen molar-refractivity contribution in [2.24, 2.45) is 11.3 Å². The molecule has 2 saturated heterocycles. The van der Waals surface area contributed by atoms with Crippen LogP contribution in [0.2, 0.25) is 0 Å². The van der Waals surface area contributed by atoms with Crippen LogP contribution in [0.15, 0.2) is 0 Å². The first-order chi connectivity index (χ1) is 6.39. The summed E-state index contributed by atoms with van der Waals surface area (Å²) in [5, 5.41) is 3.70. The van der Waals surface area contributed by atoms with Crippen LogP contribution in [0, 0.1) is 11.3 Å².